The van der Waals surface area contributed by atoms with Gasteiger partial charge in [0, 0.05) is 6.20 Å². The van der Waals surface area contributed by atoms with Gasteiger partial charge in [-0.05, 0) is 25.0 Å². The SMILES string of the molecule is CCc1cccnc1CNS(=O)(=O)c1sc(N)nc1C. The van der Waals surface area contributed by atoms with Gasteiger partial charge in [0.1, 0.15) is 0 Å². The number of nitrogens with zero attached hydrogens (tertiary/aromatic N) is 2. The fourth-order valence-corrected chi connectivity index (χ4v) is 4.16. The van der Waals surface area contributed by atoms with Crippen molar-refractivity contribution in [1.29, 1.82) is 0 Å². The molecule has 20 heavy (non-hydrogen) atoms. The number of nitrogens with one attached hydrogen (secondary N) is 1. The molecule has 6 nitrogen and oxygen atoms in total. The van der Waals surface area contributed by atoms with Gasteiger partial charge in [0.05, 0.1) is 17.9 Å². The summed E-state index contributed by atoms with van der Waals surface area (Å²) in [5.74, 6) is 0. The van der Waals surface area contributed by atoms with E-state index in [1.54, 1.807) is 13.1 Å². The molecule has 0 spiro atoms. The second-order valence-corrected chi connectivity index (χ2v) is 7.21. The van der Waals surface area contributed by atoms with E-state index in [1.807, 2.05) is 19.1 Å². The van der Waals surface area contributed by atoms with Gasteiger partial charge < -0.3 is 5.73 Å². The maximum Gasteiger partial charge on any atom is 0.252 e. The second kappa shape index (κ2) is 5.86. The third kappa shape index (κ3) is 3.14. The topological polar surface area (TPSA) is 98.0 Å². The molecule has 0 saturated heterocycles. The van der Waals surface area contributed by atoms with Gasteiger partial charge in [-0.25, -0.2) is 18.1 Å². The average molecular weight is 312 g/mol. The Bertz CT molecular complexity index is 710. The fraction of sp³-hybridized carbons (Fsp3) is 0.333. The van der Waals surface area contributed by atoms with E-state index in [0.29, 0.717) is 5.69 Å². The summed E-state index contributed by atoms with van der Waals surface area (Å²) in [6.45, 7) is 3.78. The molecule has 2 aromatic rings. The summed E-state index contributed by atoms with van der Waals surface area (Å²) in [6, 6.07) is 3.78. The number of thiazole rings is 1. The number of hydrogen-bond donors (Lipinski definition) is 2. The first-order valence-electron chi connectivity index (χ1n) is 6.09. The molecule has 0 saturated carbocycles. The zero-order chi connectivity index (χ0) is 14.8. The molecule has 2 rings (SSSR count). The molecule has 0 bridgehead atoms. The highest BCUT2D eigenvalue weighted by Crippen LogP contribution is 2.24. The molecule has 8 heteroatoms. The van der Waals surface area contributed by atoms with Crippen molar-refractivity contribution < 1.29 is 8.42 Å². The molecule has 0 radical (unpaired) electrons. The number of anilines is 1. The zero-order valence-electron chi connectivity index (χ0n) is 11.3. The number of nitrogens with two attached hydrogens (primary N) is 1. The third-order valence-corrected chi connectivity index (χ3v) is 5.81. The molecule has 0 aliphatic heterocycles. The predicted molar refractivity (Wildman–Crippen MR) is 78.9 cm³/mol. The normalized spacial score (nSPS) is 11.7. The lowest BCUT2D eigenvalue weighted by molar-refractivity contribution is 0.581. The van der Waals surface area contributed by atoms with Crippen LogP contribution in [0.2, 0.25) is 0 Å². The van der Waals surface area contributed by atoms with E-state index in [2.05, 4.69) is 14.7 Å². The first-order chi connectivity index (χ1) is 9.44. The van der Waals surface area contributed by atoms with Crippen LogP contribution in [0.1, 0.15) is 23.9 Å². The Morgan fingerprint density at radius 1 is 1.45 bits per heavy atom. The molecule has 2 aromatic heterocycles. The highest BCUT2D eigenvalue weighted by atomic mass is 32.2. The van der Waals surface area contributed by atoms with Crippen molar-refractivity contribution in [3.63, 3.8) is 0 Å². The van der Waals surface area contributed by atoms with Crippen LogP contribution in [0.5, 0.6) is 0 Å². The van der Waals surface area contributed by atoms with E-state index < -0.39 is 10.0 Å². The summed E-state index contributed by atoms with van der Waals surface area (Å²) in [7, 11) is -3.61. The van der Waals surface area contributed by atoms with Gasteiger partial charge in [-0.1, -0.05) is 24.3 Å². The minimum absolute atomic E-state index is 0.156. The number of rotatable bonds is 5. The van der Waals surface area contributed by atoms with Gasteiger partial charge in [0.2, 0.25) is 0 Å². The van der Waals surface area contributed by atoms with Gasteiger partial charge >= 0.3 is 0 Å². The Labute approximate surface area is 122 Å². The number of sulfonamides is 1. The quantitative estimate of drug-likeness (QED) is 0.871. The van der Waals surface area contributed by atoms with Crippen LogP contribution >= 0.6 is 11.3 Å². The van der Waals surface area contributed by atoms with E-state index >= 15 is 0 Å². The van der Waals surface area contributed by atoms with E-state index in [-0.39, 0.29) is 15.9 Å². The molecule has 0 aliphatic carbocycles. The van der Waals surface area contributed by atoms with E-state index in [4.69, 9.17) is 5.73 Å². The largest absolute Gasteiger partial charge is 0.375 e. The van der Waals surface area contributed by atoms with Gasteiger partial charge in [0.15, 0.2) is 9.34 Å². The lowest BCUT2D eigenvalue weighted by Crippen LogP contribution is -2.24. The Morgan fingerprint density at radius 3 is 2.80 bits per heavy atom. The molecule has 0 aliphatic rings. The summed E-state index contributed by atoms with van der Waals surface area (Å²) in [6.07, 6.45) is 2.45. The van der Waals surface area contributed by atoms with Crippen molar-refractivity contribution in [3.05, 3.63) is 35.3 Å². The van der Waals surface area contributed by atoms with Crippen LogP contribution in [0.25, 0.3) is 0 Å². The van der Waals surface area contributed by atoms with Gasteiger partial charge in [-0.3, -0.25) is 4.98 Å². The number of nitrogen functional groups attached to an aromatic ring is 1. The first-order valence-corrected chi connectivity index (χ1v) is 8.39. The Balaban J connectivity index is 2.20. The van der Waals surface area contributed by atoms with Crippen LogP contribution in [-0.2, 0) is 23.0 Å². The zero-order valence-corrected chi connectivity index (χ0v) is 12.9. The minimum Gasteiger partial charge on any atom is -0.375 e. The molecular weight excluding hydrogens is 296 g/mol. The Kier molecular flexibility index (Phi) is 4.36. The van der Waals surface area contributed by atoms with Crippen molar-refractivity contribution in [2.24, 2.45) is 0 Å². The van der Waals surface area contributed by atoms with Crippen molar-refractivity contribution in [3.8, 4) is 0 Å². The van der Waals surface area contributed by atoms with Crippen LogP contribution in [0.3, 0.4) is 0 Å². The van der Waals surface area contributed by atoms with Crippen LogP contribution in [-0.4, -0.2) is 18.4 Å². The van der Waals surface area contributed by atoms with Crippen molar-refractivity contribution in [1.82, 2.24) is 14.7 Å². The average Bonchev–Trinajstić information content (AvgIpc) is 2.76. The minimum atomic E-state index is -3.61. The van der Waals surface area contributed by atoms with Gasteiger partial charge in [-0.2, -0.15) is 0 Å². The van der Waals surface area contributed by atoms with Gasteiger partial charge in [0.25, 0.3) is 10.0 Å². The summed E-state index contributed by atoms with van der Waals surface area (Å²) in [4.78, 5) is 8.14. The fourth-order valence-electron chi connectivity index (χ4n) is 1.83. The highest BCUT2D eigenvalue weighted by Gasteiger charge is 2.21. The molecule has 0 atom stereocenters. The van der Waals surface area contributed by atoms with Crippen molar-refractivity contribution in [2.45, 2.75) is 31.0 Å². The number of hydrogen-bond acceptors (Lipinski definition) is 6. The third-order valence-electron chi connectivity index (χ3n) is 2.81. The van der Waals surface area contributed by atoms with Crippen LogP contribution in [0, 0.1) is 6.92 Å². The number of aromatic nitrogens is 2. The molecular formula is C12H16N4O2S2. The maximum atomic E-state index is 12.2. The first kappa shape index (κ1) is 14.9. The lowest BCUT2D eigenvalue weighted by atomic mass is 10.1. The summed E-state index contributed by atoms with van der Waals surface area (Å²) in [5, 5.41) is 0.245. The van der Waals surface area contributed by atoms with E-state index in [1.165, 1.54) is 0 Å². The second-order valence-electron chi connectivity index (χ2n) is 4.21. The summed E-state index contributed by atoms with van der Waals surface area (Å²) < 4.78 is 27.1. The molecule has 0 fully saturated rings. The van der Waals surface area contributed by atoms with Crippen LogP contribution in [0.15, 0.2) is 22.5 Å². The van der Waals surface area contributed by atoms with Crippen molar-refractivity contribution >= 4 is 26.5 Å². The highest BCUT2D eigenvalue weighted by molar-refractivity contribution is 7.91. The molecule has 2 heterocycles. The Morgan fingerprint density at radius 2 is 2.20 bits per heavy atom. The van der Waals surface area contributed by atoms with E-state index in [0.717, 1.165) is 29.0 Å². The molecule has 0 aromatic carbocycles. The van der Waals surface area contributed by atoms with Crippen LogP contribution < -0.4 is 10.5 Å². The maximum absolute atomic E-state index is 12.2. The molecule has 0 unspecified atom stereocenters. The predicted octanol–water partition coefficient (Wildman–Crippen LogP) is 1.47. The number of aryl methyl sites for hydroxylation is 2. The summed E-state index contributed by atoms with van der Waals surface area (Å²) >= 11 is 0.962. The monoisotopic (exact) mass is 312 g/mol. The summed E-state index contributed by atoms with van der Waals surface area (Å²) in [5.41, 5.74) is 7.70. The van der Waals surface area contributed by atoms with Crippen LogP contribution in [0.4, 0.5) is 5.13 Å². The van der Waals surface area contributed by atoms with E-state index in [9.17, 15) is 8.42 Å². The smallest absolute Gasteiger partial charge is 0.252 e. The molecule has 0 amide bonds. The molecule has 108 valence electrons. The lowest BCUT2D eigenvalue weighted by Gasteiger charge is -2.08. The van der Waals surface area contributed by atoms with Crippen molar-refractivity contribution in [2.75, 3.05) is 5.73 Å². The number of pyridine rings is 1. The van der Waals surface area contributed by atoms with Gasteiger partial charge in [-0.15, -0.1) is 0 Å². The standard InChI is InChI=1S/C12H16N4O2S2/c1-3-9-5-4-6-14-10(9)7-15-20(17,18)11-8(2)16-12(13)19-11/h4-6,15H,3,7H2,1-2H3,(H2,13,16). The molecule has 3 N–H and O–H groups in total. The Hall–Kier alpha value is -1.51.